The van der Waals surface area contributed by atoms with Crippen LogP contribution in [0.4, 0.5) is 5.69 Å². The Morgan fingerprint density at radius 2 is 1.92 bits per heavy atom. The monoisotopic (exact) mass is 173 g/mol. The molecule has 4 nitrogen and oxygen atoms in total. The molecular weight excluding hydrogens is 166 g/mol. The number of fused-ring (bicyclic) bond motifs is 1. The first kappa shape index (κ1) is 7.67. The fourth-order valence-electron chi connectivity index (χ4n) is 1.12. The maximum Gasteiger partial charge on any atom is 0.211 e. The highest BCUT2D eigenvalue weighted by Gasteiger charge is 1.95. The van der Waals surface area contributed by atoms with Crippen molar-refractivity contribution in [3.63, 3.8) is 0 Å². The summed E-state index contributed by atoms with van der Waals surface area (Å²) in [6.07, 6.45) is 3.89. The fourth-order valence-corrected chi connectivity index (χ4v) is 1.12. The smallest absolute Gasteiger partial charge is 0.211 e. The molecule has 0 saturated heterocycles. The molecule has 0 atom stereocenters. The normalized spacial score (nSPS) is 9.85. The number of aromatic nitrogens is 2. The fraction of sp³-hybridized carbons (Fsp3) is 0. The standard InChI is InChI=1S/C9H7N3O/c13-6-12-7-1-2-8-9(5-7)11-4-3-10-8/h1-6H,(H,12,13). The molecule has 64 valence electrons. The Hall–Kier alpha value is -1.97. The Morgan fingerprint density at radius 1 is 1.15 bits per heavy atom. The van der Waals surface area contributed by atoms with E-state index < -0.39 is 0 Å². The number of anilines is 1. The minimum atomic E-state index is 0.636. The molecule has 13 heavy (non-hydrogen) atoms. The highest BCUT2D eigenvalue weighted by Crippen LogP contribution is 2.13. The van der Waals surface area contributed by atoms with E-state index in [4.69, 9.17) is 0 Å². The van der Waals surface area contributed by atoms with Gasteiger partial charge in [-0.1, -0.05) is 0 Å². The van der Waals surface area contributed by atoms with Crippen LogP contribution >= 0.6 is 0 Å². The Labute approximate surface area is 74.6 Å². The Bertz CT molecular complexity index is 442. The minimum Gasteiger partial charge on any atom is -0.329 e. The van der Waals surface area contributed by atoms with Crippen molar-refractivity contribution >= 4 is 23.1 Å². The lowest BCUT2D eigenvalue weighted by molar-refractivity contribution is -0.105. The van der Waals surface area contributed by atoms with Gasteiger partial charge in [-0.2, -0.15) is 0 Å². The Morgan fingerprint density at radius 3 is 2.69 bits per heavy atom. The van der Waals surface area contributed by atoms with Crippen LogP contribution in [0, 0.1) is 0 Å². The van der Waals surface area contributed by atoms with Crippen LogP contribution in [0.25, 0.3) is 11.0 Å². The molecule has 2 aromatic rings. The SMILES string of the molecule is O=CNc1ccc2nccnc2c1. The van der Waals surface area contributed by atoms with Crippen LogP contribution in [0.2, 0.25) is 0 Å². The van der Waals surface area contributed by atoms with Gasteiger partial charge in [0, 0.05) is 18.1 Å². The second-order valence-electron chi connectivity index (χ2n) is 2.52. The second kappa shape index (κ2) is 3.18. The Balaban J connectivity index is 2.55. The molecular formula is C9H7N3O. The van der Waals surface area contributed by atoms with Crippen molar-refractivity contribution in [2.75, 3.05) is 5.32 Å². The van der Waals surface area contributed by atoms with Crippen molar-refractivity contribution in [2.45, 2.75) is 0 Å². The van der Waals surface area contributed by atoms with E-state index in [9.17, 15) is 4.79 Å². The van der Waals surface area contributed by atoms with E-state index >= 15 is 0 Å². The van der Waals surface area contributed by atoms with Crippen LogP contribution in [-0.2, 0) is 4.79 Å². The molecule has 0 saturated carbocycles. The van der Waals surface area contributed by atoms with Gasteiger partial charge in [0.1, 0.15) is 0 Å². The highest BCUT2D eigenvalue weighted by atomic mass is 16.1. The highest BCUT2D eigenvalue weighted by molar-refractivity contribution is 5.82. The van der Waals surface area contributed by atoms with E-state index in [0.29, 0.717) is 6.41 Å². The summed E-state index contributed by atoms with van der Waals surface area (Å²) in [6, 6.07) is 5.37. The lowest BCUT2D eigenvalue weighted by Gasteiger charge is -1.99. The summed E-state index contributed by atoms with van der Waals surface area (Å²) < 4.78 is 0. The zero-order valence-corrected chi connectivity index (χ0v) is 6.77. The van der Waals surface area contributed by atoms with Gasteiger partial charge in [-0.25, -0.2) is 0 Å². The molecule has 0 aliphatic carbocycles. The number of hydrogen-bond donors (Lipinski definition) is 1. The predicted octanol–water partition coefficient (Wildman–Crippen LogP) is 1.20. The van der Waals surface area contributed by atoms with Gasteiger partial charge in [0.05, 0.1) is 11.0 Å². The lowest BCUT2D eigenvalue weighted by atomic mass is 10.2. The van der Waals surface area contributed by atoms with Crippen LogP contribution in [0.1, 0.15) is 0 Å². The number of rotatable bonds is 2. The number of carbonyl (C=O) groups is 1. The third-order valence-electron chi connectivity index (χ3n) is 1.69. The molecule has 1 N–H and O–H groups in total. The molecule has 0 radical (unpaired) electrons. The van der Waals surface area contributed by atoms with Crippen LogP contribution in [0.15, 0.2) is 30.6 Å². The third kappa shape index (κ3) is 1.46. The second-order valence-corrected chi connectivity index (χ2v) is 2.52. The van der Waals surface area contributed by atoms with Gasteiger partial charge in [0.25, 0.3) is 0 Å². The van der Waals surface area contributed by atoms with Gasteiger partial charge in [0.15, 0.2) is 0 Å². The average molecular weight is 173 g/mol. The molecule has 2 rings (SSSR count). The number of nitrogens with zero attached hydrogens (tertiary/aromatic N) is 2. The van der Waals surface area contributed by atoms with Crippen molar-refractivity contribution in [2.24, 2.45) is 0 Å². The van der Waals surface area contributed by atoms with Crippen molar-refractivity contribution in [1.82, 2.24) is 9.97 Å². The Kier molecular flexibility index (Phi) is 1.88. The summed E-state index contributed by atoms with van der Waals surface area (Å²) in [7, 11) is 0. The van der Waals surface area contributed by atoms with Gasteiger partial charge in [-0.05, 0) is 18.2 Å². The van der Waals surface area contributed by atoms with Crippen molar-refractivity contribution < 1.29 is 4.79 Å². The van der Waals surface area contributed by atoms with Gasteiger partial charge >= 0.3 is 0 Å². The molecule has 0 bridgehead atoms. The summed E-state index contributed by atoms with van der Waals surface area (Å²) in [5.74, 6) is 0. The maximum absolute atomic E-state index is 10.2. The average Bonchev–Trinajstić information content (AvgIpc) is 2.18. The molecule has 0 aliphatic heterocycles. The first-order valence-corrected chi connectivity index (χ1v) is 3.81. The minimum absolute atomic E-state index is 0.636. The topological polar surface area (TPSA) is 54.9 Å². The third-order valence-corrected chi connectivity index (χ3v) is 1.69. The molecule has 0 fully saturated rings. The summed E-state index contributed by atoms with van der Waals surface area (Å²) in [5.41, 5.74) is 2.32. The first-order valence-electron chi connectivity index (χ1n) is 3.81. The van der Waals surface area contributed by atoms with Crippen LogP contribution in [0.3, 0.4) is 0 Å². The van der Waals surface area contributed by atoms with Gasteiger partial charge in [-0.15, -0.1) is 0 Å². The van der Waals surface area contributed by atoms with E-state index in [1.165, 1.54) is 0 Å². The van der Waals surface area contributed by atoms with E-state index in [0.717, 1.165) is 16.7 Å². The van der Waals surface area contributed by atoms with Crippen molar-refractivity contribution in [3.8, 4) is 0 Å². The summed E-state index contributed by atoms with van der Waals surface area (Å²) in [6.45, 7) is 0. The first-order chi connectivity index (χ1) is 6.40. The molecule has 1 aromatic carbocycles. The zero-order chi connectivity index (χ0) is 9.10. The molecule has 1 amide bonds. The lowest BCUT2D eigenvalue weighted by Crippen LogP contribution is -1.93. The van der Waals surface area contributed by atoms with Crippen LogP contribution < -0.4 is 5.32 Å². The molecule has 1 aromatic heterocycles. The molecule has 0 aliphatic rings. The molecule has 4 heteroatoms. The van der Waals surface area contributed by atoms with E-state index in [1.807, 2.05) is 6.07 Å². The summed E-state index contributed by atoms with van der Waals surface area (Å²) in [4.78, 5) is 18.4. The number of hydrogen-bond acceptors (Lipinski definition) is 3. The molecule has 0 unspecified atom stereocenters. The number of amides is 1. The van der Waals surface area contributed by atoms with E-state index in [-0.39, 0.29) is 0 Å². The van der Waals surface area contributed by atoms with Gasteiger partial charge in [0.2, 0.25) is 6.41 Å². The summed E-state index contributed by atoms with van der Waals surface area (Å²) in [5, 5.41) is 2.55. The van der Waals surface area contributed by atoms with Crippen LogP contribution in [-0.4, -0.2) is 16.4 Å². The van der Waals surface area contributed by atoms with Crippen molar-refractivity contribution in [1.29, 1.82) is 0 Å². The molecule has 1 heterocycles. The van der Waals surface area contributed by atoms with E-state index in [1.54, 1.807) is 24.5 Å². The number of carbonyl (C=O) groups excluding carboxylic acids is 1. The number of benzene rings is 1. The predicted molar refractivity (Wildman–Crippen MR) is 49.2 cm³/mol. The maximum atomic E-state index is 10.2. The summed E-state index contributed by atoms with van der Waals surface area (Å²) >= 11 is 0. The van der Waals surface area contributed by atoms with Crippen LogP contribution in [0.5, 0.6) is 0 Å². The van der Waals surface area contributed by atoms with Gasteiger partial charge in [-0.3, -0.25) is 14.8 Å². The quantitative estimate of drug-likeness (QED) is 0.694. The van der Waals surface area contributed by atoms with Gasteiger partial charge < -0.3 is 5.32 Å². The number of nitrogens with one attached hydrogen (secondary N) is 1. The molecule has 0 spiro atoms. The largest absolute Gasteiger partial charge is 0.329 e. The van der Waals surface area contributed by atoms with Crippen molar-refractivity contribution in [3.05, 3.63) is 30.6 Å². The zero-order valence-electron chi connectivity index (χ0n) is 6.77. The van der Waals surface area contributed by atoms with E-state index in [2.05, 4.69) is 15.3 Å².